The number of rotatable bonds is 7. The maximum Gasteiger partial charge on any atom is 0.255 e. The van der Waals surface area contributed by atoms with Gasteiger partial charge in [-0.3, -0.25) is 4.79 Å². The number of amides is 1. The Kier molecular flexibility index (Phi) is 5.91. The van der Waals surface area contributed by atoms with E-state index in [-0.39, 0.29) is 5.91 Å². The van der Waals surface area contributed by atoms with E-state index >= 15 is 0 Å². The van der Waals surface area contributed by atoms with Crippen molar-refractivity contribution in [3.8, 4) is 11.4 Å². The molecule has 0 saturated heterocycles. The molecule has 0 atom stereocenters. The number of aryl methyl sites for hydroxylation is 3. The van der Waals surface area contributed by atoms with Crippen molar-refractivity contribution in [1.29, 1.82) is 0 Å². The van der Waals surface area contributed by atoms with E-state index in [1.54, 1.807) is 7.11 Å². The second-order valence-corrected chi connectivity index (χ2v) is 6.58. The maximum atomic E-state index is 12.4. The average Bonchev–Trinajstić information content (AvgIpc) is 3.06. The zero-order valence-electron chi connectivity index (χ0n) is 16.0. The maximum absolute atomic E-state index is 12.4. The van der Waals surface area contributed by atoms with Gasteiger partial charge in [-0.25, -0.2) is 4.68 Å². The number of nitrogens with one attached hydrogen (secondary N) is 1. The molecule has 0 aliphatic carbocycles. The summed E-state index contributed by atoms with van der Waals surface area (Å²) in [5.41, 5.74) is 4.87. The van der Waals surface area contributed by atoms with Gasteiger partial charge in [0.25, 0.3) is 5.91 Å². The van der Waals surface area contributed by atoms with Gasteiger partial charge in [-0.15, -0.1) is 0 Å². The number of nitrogens with zero attached hydrogens (tertiary/aromatic N) is 2. The third-order valence-electron chi connectivity index (χ3n) is 4.53. The molecule has 140 valence electrons. The first-order chi connectivity index (χ1) is 13.1. The Morgan fingerprint density at radius 3 is 2.67 bits per heavy atom. The highest BCUT2D eigenvalue weighted by atomic mass is 16.5. The van der Waals surface area contributed by atoms with Crippen LogP contribution in [0.3, 0.4) is 0 Å². The minimum atomic E-state index is -0.104. The molecule has 1 heterocycles. The van der Waals surface area contributed by atoms with E-state index in [1.807, 2.05) is 67.1 Å². The molecule has 1 aromatic heterocycles. The van der Waals surface area contributed by atoms with Crippen molar-refractivity contribution < 1.29 is 9.53 Å². The van der Waals surface area contributed by atoms with Crippen LogP contribution in [-0.4, -0.2) is 29.3 Å². The van der Waals surface area contributed by atoms with Gasteiger partial charge in [0.1, 0.15) is 5.75 Å². The second kappa shape index (κ2) is 8.54. The fourth-order valence-corrected chi connectivity index (χ4v) is 3.03. The number of carbonyl (C=O) groups is 1. The molecule has 0 bridgehead atoms. The van der Waals surface area contributed by atoms with E-state index in [2.05, 4.69) is 16.6 Å². The zero-order valence-corrected chi connectivity index (χ0v) is 16.0. The molecule has 3 rings (SSSR count). The number of aromatic nitrogens is 2. The van der Waals surface area contributed by atoms with Crippen LogP contribution in [0.15, 0.2) is 54.7 Å². The van der Waals surface area contributed by atoms with Gasteiger partial charge in [0.05, 0.1) is 24.1 Å². The Labute approximate surface area is 160 Å². The largest absolute Gasteiger partial charge is 0.496 e. The second-order valence-electron chi connectivity index (χ2n) is 6.58. The van der Waals surface area contributed by atoms with Crippen LogP contribution in [0.4, 0.5) is 0 Å². The average molecular weight is 363 g/mol. The zero-order chi connectivity index (χ0) is 19.2. The monoisotopic (exact) mass is 363 g/mol. The van der Waals surface area contributed by atoms with Gasteiger partial charge >= 0.3 is 0 Å². The first-order valence-electron chi connectivity index (χ1n) is 9.12. The number of benzene rings is 2. The summed E-state index contributed by atoms with van der Waals surface area (Å²) in [6, 6.07) is 15.7. The molecule has 2 aromatic carbocycles. The lowest BCUT2D eigenvalue weighted by atomic mass is 10.1. The number of hydrogen-bond acceptors (Lipinski definition) is 3. The van der Waals surface area contributed by atoms with Gasteiger partial charge in [0.2, 0.25) is 0 Å². The van der Waals surface area contributed by atoms with Gasteiger partial charge < -0.3 is 10.1 Å². The van der Waals surface area contributed by atoms with E-state index in [9.17, 15) is 4.79 Å². The van der Waals surface area contributed by atoms with E-state index in [1.165, 1.54) is 5.56 Å². The van der Waals surface area contributed by atoms with Crippen molar-refractivity contribution >= 4 is 5.91 Å². The molecule has 0 spiro atoms. The van der Waals surface area contributed by atoms with Crippen molar-refractivity contribution in [3.63, 3.8) is 0 Å². The molecule has 0 unspecified atom stereocenters. The Bertz CT molecular complexity index is 917. The van der Waals surface area contributed by atoms with Gasteiger partial charge in [0.15, 0.2) is 0 Å². The van der Waals surface area contributed by atoms with E-state index in [0.717, 1.165) is 29.8 Å². The topological polar surface area (TPSA) is 56.1 Å². The van der Waals surface area contributed by atoms with Crippen LogP contribution in [0.1, 0.15) is 33.6 Å². The van der Waals surface area contributed by atoms with Gasteiger partial charge in [-0.1, -0.05) is 29.8 Å². The van der Waals surface area contributed by atoms with E-state index in [0.29, 0.717) is 17.9 Å². The lowest BCUT2D eigenvalue weighted by Crippen LogP contribution is -2.25. The number of ether oxygens (including phenoxy) is 1. The number of carbonyl (C=O) groups excluding carboxylic acids is 1. The highest BCUT2D eigenvalue weighted by Gasteiger charge is 2.12. The van der Waals surface area contributed by atoms with Gasteiger partial charge in [-0.2, -0.15) is 5.10 Å². The van der Waals surface area contributed by atoms with E-state index < -0.39 is 0 Å². The molecule has 0 radical (unpaired) electrons. The SMILES string of the molecule is COc1ccc(C)cc1C(=O)NCCCc1cn(-c2ccccc2)nc1C. The molecule has 1 amide bonds. The Hall–Kier alpha value is -3.08. The molecule has 0 fully saturated rings. The minimum Gasteiger partial charge on any atom is -0.496 e. The molecule has 0 aliphatic heterocycles. The van der Waals surface area contributed by atoms with Crippen LogP contribution in [0.5, 0.6) is 5.75 Å². The molecule has 1 N–H and O–H groups in total. The Morgan fingerprint density at radius 2 is 1.93 bits per heavy atom. The predicted octanol–water partition coefficient (Wildman–Crippen LogP) is 3.86. The quantitative estimate of drug-likeness (QED) is 0.649. The van der Waals surface area contributed by atoms with Gasteiger partial charge in [0, 0.05) is 12.7 Å². The first-order valence-corrected chi connectivity index (χ1v) is 9.12. The van der Waals surface area contributed by atoms with Gasteiger partial charge in [-0.05, 0) is 56.5 Å². The van der Waals surface area contributed by atoms with Crippen LogP contribution in [0.2, 0.25) is 0 Å². The summed E-state index contributed by atoms with van der Waals surface area (Å²) in [6.07, 6.45) is 3.78. The van der Waals surface area contributed by atoms with Crippen molar-refractivity contribution in [2.45, 2.75) is 26.7 Å². The molecule has 27 heavy (non-hydrogen) atoms. The number of para-hydroxylation sites is 1. The molecule has 5 heteroatoms. The van der Waals surface area contributed by atoms with Crippen molar-refractivity contribution in [3.05, 3.63) is 77.1 Å². The summed E-state index contributed by atoms with van der Waals surface area (Å²) in [5.74, 6) is 0.491. The van der Waals surface area contributed by atoms with Crippen LogP contribution >= 0.6 is 0 Å². The number of methoxy groups -OCH3 is 1. The third-order valence-corrected chi connectivity index (χ3v) is 4.53. The van der Waals surface area contributed by atoms with Crippen LogP contribution in [-0.2, 0) is 6.42 Å². The Balaban J connectivity index is 1.56. The molecule has 3 aromatic rings. The molecular formula is C22H25N3O2. The summed E-state index contributed by atoms with van der Waals surface area (Å²) in [4.78, 5) is 12.4. The smallest absolute Gasteiger partial charge is 0.255 e. The normalized spacial score (nSPS) is 10.6. The summed E-state index contributed by atoms with van der Waals surface area (Å²) >= 11 is 0. The standard InChI is InChI=1S/C22H25N3O2/c1-16-11-12-21(27-3)20(14-16)22(26)23-13-7-8-18-15-25(24-17(18)2)19-9-5-4-6-10-19/h4-6,9-12,14-15H,7-8,13H2,1-3H3,(H,23,26). The molecular weight excluding hydrogens is 338 g/mol. The Morgan fingerprint density at radius 1 is 1.15 bits per heavy atom. The number of hydrogen-bond donors (Lipinski definition) is 1. The summed E-state index contributed by atoms with van der Waals surface area (Å²) < 4.78 is 7.19. The van der Waals surface area contributed by atoms with Crippen molar-refractivity contribution in [1.82, 2.24) is 15.1 Å². The highest BCUT2D eigenvalue weighted by Crippen LogP contribution is 2.19. The van der Waals surface area contributed by atoms with Crippen molar-refractivity contribution in [2.75, 3.05) is 13.7 Å². The summed E-state index contributed by atoms with van der Waals surface area (Å²) in [5, 5.41) is 7.57. The van der Waals surface area contributed by atoms with Crippen LogP contribution in [0.25, 0.3) is 5.69 Å². The molecule has 5 nitrogen and oxygen atoms in total. The lowest BCUT2D eigenvalue weighted by molar-refractivity contribution is 0.0950. The fourth-order valence-electron chi connectivity index (χ4n) is 3.03. The predicted molar refractivity (Wildman–Crippen MR) is 107 cm³/mol. The van der Waals surface area contributed by atoms with Crippen LogP contribution < -0.4 is 10.1 Å². The molecule has 0 saturated carbocycles. The van der Waals surface area contributed by atoms with E-state index in [4.69, 9.17) is 4.74 Å². The fraction of sp³-hybridized carbons (Fsp3) is 0.273. The third kappa shape index (κ3) is 4.56. The van der Waals surface area contributed by atoms with Crippen molar-refractivity contribution in [2.24, 2.45) is 0 Å². The molecule has 0 aliphatic rings. The summed E-state index contributed by atoms with van der Waals surface area (Å²) in [7, 11) is 1.58. The lowest BCUT2D eigenvalue weighted by Gasteiger charge is -2.10. The highest BCUT2D eigenvalue weighted by molar-refractivity contribution is 5.97. The minimum absolute atomic E-state index is 0.104. The first kappa shape index (κ1) is 18.7. The van der Waals surface area contributed by atoms with Crippen LogP contribution in [0, 0.1) is 13.8 Å². The summed E-state index contributed by atoms with van der Waals surface area (Å²) in [6.45, 7) is 4.58.